The van der Waals surface area contributed by atoms with Gasteiger partial charge in [-0.2, -0.15) is 0 Å². The Balaban J connectivity index is 1.89. The third-order valence-electron chi connectivity index (χ3n) is 3.74. The molecule has 1 amide bonds. The maximum atomic E-state index is 12.3. The van der Waals surface area contributed by atoms with Crippen LogP contribution < -0.4 is 5.73 Å². The minimum Gasteiger partial charge on any atom is -0.341 e. The normalized spacial score (nSPS) is 36.1. The molecule has 0 aromatic rings. The van der Waals surface area contributed by atoms with E-state index in [0.29, 0.717) is 11.8 Å². The van der Waals surface area contributed by atoms with Crippen molar-refractivity contribution in [1.29, 1.82) is 0 Å². The van der Waals surface area contributed by atoms with Gasteiger partial charge in [-0.3, -0.25) is 4.79 Å². The number of nitrogens with two attached hydrogens (primary N) is 1. The van der Waals surface area contributed by atoms with Crippen LogP contribution in [0.1, 0.15) is 32.6 Å². The number of piperidine rings is 1. The Morgan fingerprint density at radius 1 is 1.38 bits per heavy atom. The van der Waals surface area contributed by atoms with E-state index in [0.717, 1.165) is 31.7 Å². The van der Waals surface area contributed by atoms with Crippen LogP contribution in [0.3, 0.4) is 0 Å². The van der Waals surface area contributed by atoms with E-state index in [9.17, 15) is 4.79 Å². The first-order valence-corrected chi connectivity index (χ1v) is 7.39. The summed E-state index contributed by atoms with van der Waals surface area (Å²) in [6.07, 6.45) is 4.52. The Morgan fingerprint density at radius 3 is 2.81 bits per heavy atom. The molecule has 2 saturated heterocycles. The number of thioether (sulfide) groups is 1. The van der Waals surface area contributed by atoms with Crippen LogP contribution in [0.5, 0.6) is 0 Å². The number of hydrogen-bond acceptors (Lipinski definition) is 3. The maximum Gasteiger partial charge on any atom is 0.235 e. The van der Waals surface area contributed by atoms with Gasteiger partial charge in [0, 0.05) is 19.1 Å². The number of nitrogens with zero attached hydrogens (tertiary/aromatic N) is 1. The first-order chi connectivity index (χ1) is 7.68. The number of likely N-dealkylation sites (tertiary alicyclic amines) is 1. The molecule has 2 rings (SSSR count). The van der Waals surface area contributed by atoms with Crippen molar-refractivity contribution in [2.45, 2.75) is 43.9 Å². The molecule has 2 aliphatic rings. The van der Waals surface area contributed by atoms with E-state index in [1.54, 1.807) is 0 Å². The van der Waals surface area contributed by atoms with E-state index in [2.05, 4.69) is 6.92 Å². The molecule has 0 radical (unpaired) electrons. The highest BCUT2D eigenvalue weighted by Gasteiger charge is 2.31. The summed E-state index contributed by atoms with van der Waals surface area (Å²) in [5, 5.41) is 0.232. The highest BCUT2D eigenvalue weighted by molar-refractivity contribution is 8.00. The van der Waals surface area contributed by atoms with E-state index < -0.39 is 0 Å². The summed E-state index contributed by atoms with van der Waals surface area (Å²) in [6, 6.07) is 0.281. The van der Waals surface area contributed by atoms with Gasteiger partial charge < -0.3 is 10.6 Å². The molecule has 0 aromatic heterocycles. The largest absolute Gasteiger partial charge is 0.341 e. The second-order valence-corrected chi connectivity index (χ2v) is 6.38. The van der Waals surface area contributed by atoms with Gasteiger partial charge >= 0.3 is 0 Å². The summed E-state index contributed by atoms with van der Waals surface area (Å²) in [6.45, 7) is 3.87. The van der Waals surface area contributed by atoms with Crippen LogP contribution >= 0.6 is 11.8 Å². The molecule has 16 heavy (non-hydrogen) atoms. The van der Waals surface area contributed by atoms with Crippen LogP contribution in [0.15, 0.2) is 0 Å². The summed E-state index contributed by atoms with van der Waals surface area (Å²) in [5.41, 5.74) is 5.98. The maximum absolute atomic E-state index is 12.3. The molecule has 2 fully saturated rings. The van der Waals surface area contributed by atoms with Crippen molar-refractivity contribution in [1.82, 2.24) is 4.90 Å². The highest BCUT2D eigenvalue weighted by Crippen LogP contribution is 2.28. The molecule has 3 atom stereocenters. The number of rotatable bonds is 1. The first kappa shape index (κ1) is 12.2. The zero-order chi connectivity index (χ0) is 11.5. The Labute approximate surface area is 102 Å². The lowest BCUT2D eigenvalue weighted by Gasteiger charge is -2.37. The molecule has 0 aliphatic carbocycles. The predicted molar refractivity (Wildman–Crippen MR) is 68.4 cm³/mol. The summed E-state index contributed by atoms with van der Waals surface area (Å²) >= 11 is 1.84. The fraction of sp³-hybridized carbons (Fsp3) is 0.917. The molecule has 2 N–H and O–H groups in total. The van der Waals surface area contributed by atoms with Crippen molar-refractivity contribution in [2.24, 2.45) is 11.7 Å². The molecular weight excluding hydrogens is 220 g/mol. The van der Waals surface area contributed by atoms with Crippen LogP contribution in [0.4, 0.5) is 0 Å². The van der Waals surface area contributed by atoms with E-state index in [-0.39, 0.29) is 11.3 Å². The van der Waals surface area contributed by atoms with Gasteiger partial charge in [-0.25, -0.2) is 0 Å². The summed E-state index contributed by atoms with van der Waals surface area (Å²) in [4.78, 5) is 14.3. The molecule has 3 unspecified atom stereocenters. The second-order valence-electron chi connectivity index (χ2n) is 5.07. The fourth-order valence-electron chi connectivity index (χ4n) is 2.50. The van der Waals surface area contributed by atoms with Crippen LogP contribution in [0.25, 0.3) is 0 Å². The third-order valence-corrected chi connectivity index (χ3v) is 5.10. The van der Waals surface area contributed by atoms with Crippen molar-refractivity contribution in [2.75, 3.05) is 18.8 Å². The van der Waals surface area contributed by atoms with Crippen LogP contribution in [0.2, 0.25) is 0 Å². The van der Waals surface area contributed by atoms with Crippen molar-refractivity contribution in [3.05, 3.63) is 0 Å². The van der Waals surface area contributed by atoms with Gasteiger partial charge in [-0.1, -0.05) is 13.3 Å². The molecule has 2 heterocycles. The van der Waals surface area contributed by atoms with Crippen molar-refractivity contribution in [3.63, 3.8) is 0 Å². The van der Waals surface area contributed by atoms with Crippen molar-refractivity contribution >= 4 is 17.7 Å². The number of carbonyl (C=O) groups is 1. The van der Waals surface area contributed by atoms with E-state index in [4.69, 9.17) is 5.73 Å². The van der Waals surface area contributed by atoms with Crippen LogP contribution in [-0.2, 0) is 4.79 Å². The van der Waals surface area contributed by atoms with Gasteiger partial charge in [-0.15, -0.1) is 11.8 Å². The van der Waals surface area contributed by atoms with Crippen molar-refractivity contribution < 1.29 is 4.79 Å². The third kappa shape index (κ3) is 2.72. The van der Waals surface area contributed by atoms with Gasteiger partial charge in [0.05, 0.1) is 5.25 Å². The lowest BCUT2D eigenvalue weighted by molar-refractivity contribution is -0.132. The summed E-state index contributed by atoms with van der Waals surface area (Å²) in [7, 11) is 0. The van der Waals surface area contributed by atoms with E-state index in [1.165, 1.54) is 12.8 Å². The molecular formula is C12H22N2OS. The zero-order valence-corrected chi connectivity index (χ0v) is 10.8. The predicted octanol–water partition coefficient (Wildman–Crippen LogP) is 1.47. The second kappa shape index (κ2) is 5.41. The number of amides is 1. The van der Waals surface area contributed by atoms with Crippen molar-refractivity contribution in [3.8, 4) is 0 Å². The monoisotopic (exact) mass is 242 g/mol. The Kier molecular flexibility index (Phi) is 4.14. The molecule has 0 bridgehead atoms. The molecule has 92 valence electrons. The molecule has 3 nitrogen and oxygen atoms in total. The topological polar surface area (TPSA) is 46.3 Å². The first-order valence-electron chi connectivity index (χ1n) is 6.34. The lowest BCUT2D eigenvalue weighted by atomic mass is 9.94. The highest BCUT2D eigenvalue weighted by atomic mass is 32.2. The molecule has 0 saturated carbocycles. The standard InChI is InChI=1S/C12H22N2OS/c1-9-8-14(6-5-10(9)13)12(15)11-4-2-3-7-16-11/h9-11H,2-8,13H2,1H3. The quantitative estimate of drug-likeness (QED) is 0.757. The summed E-state index contributed by atoms with van der Waals surface area (Å²) in [5.74, 6) is 1.97. The minimum absolute atomic E-state index is 0.232. The Morgan fingerprint density at radius 2 is 2.19 bits per heavy atom. The Hall–Kier alpha value is -0.220. The lowest BCUT2D eigenvalue weighted by Crippen LogP contribution is -2.50. The van der Waals surface area contributed by atoms with Crippen LogP contribution in [-0.4, -0.2) is 40.9 Å². The van der Waals surface area contributed by atoms with Gasteiger partial charge in [-0.05, 0) is 30.9 Å². The minimum atomic E-state index is 0.232. The fourth-order valence-corrected chi connectivity index (χ4v) is 3.78. The number of hydrogen-bond donors (Lipinski definition) is 1. The van der Waals surface area contributed by atoms with E-state index in [1.807, 2.05) is 16.7 Å². The molecule has 4 heteroatoms. The van der Waals surface area contributed by atoms with Crippen LogP contribution in [0, 0.1) is 5.92 Å². The SMILES string of the molecule is CC1CN(C(=O)C2CCCCS2)CCC1N. The molecule has 0 aromatic carbocycles. The van der Waals surface area contributed by atoms with Gasteiger partial charge in [0.1, 0.15) is 0 Å². The molecule has 0 spiro atoms. The average molecular weight is 242 g/mol. The van der Waals surface area contributed by atoms with Gasteiger partial charge in [0.2, 0.25) is 5.91 Å². The van der Waals surface area contributed by atoms with Gasteiger partial charge in [0.15, 0.2) is 0 Å². The van der Waals surface area contributed by atoms with E-state index >= 15 is 0 Å². The average Bonchev–Trinajstić information content (AvgIpc) is 2.33. The Bertz CT molecular complexity index is 253. The number of carbonyl (C=O) groups excluding carboxylic acids is 1. The molecule has 2 aliphatic heterocycles. The van der Waals surface area contributed by atoms with Gasteiger partial charge in [0.25, 0.3) is 0 Å². The zero-order valence-electron chi connectivity index (χ0n) is 10.0. The summed E-state index contributed by atoms with van der Waals surface area (Å²) < 4.78 is 0. The smallest absolute Gasteiger partial charge is 0.235 e.